The molecule has 0 aliphatic heterocycles. The third kappa shape index (κ3) is 3.61. The van der Waals surface area contributed by atoms with Gasteiger partial charge in [0.05, 0.1) is 0 Å². The molecule has 3 aromatic rings. The van der Waals surface area contributed by atoms with Crippen molar-refractivity contribution in [2.75, 3.05) is 0 Å². The van der Waals surface area contributed by atoms with E-state index in [1.54, 1.807) is 0 Å². The van der Waals surface area contributed by atoms with Crippen molar-refractivity contribution in [3.8, 4) is 5.75 Å². The fourth-order valence-electron chi connectivity index (χ4n) is 2.73. The van der Waals surface area contributed by atoms with Crippen LogP contribution in [0.4, 0.5) is 0 Å². The molecule has 0 spiro atoms. The minimum absolute atomic E-state index is 0.150. The lowest BCUT2D eigenvalue weighted by Gasteiger charge is -2.10. The third-order valence-electron chi connectivity index (χ3n) is 3.94. The van der Waals surface area contributed by atoms with Gasteiger partial charge in [0.15, 0.2) is 0 Å². The Bertz CT molecular complexity index is 934. The normalized spacial score (nSPS) is 11.1. The highest BCUT2D eigenvalue weighted by Gasteiger charge is 2.10. The van der Waals surface area contributed by atoms with Gasteiger partial charge in [0.2, 0.25) is 0 Å². The molecule has 0 aliphatic rings. The van der Waals surface area contributed by atoms with Crippen LogP contribution in [0.3, 0.4) is 0 Å². The standard InChI is InChI=1S/C19H18ClNO3/c1-2-13-7-16-14(8-19(23)24-18(16)9-17(13)22)11-21-10-12-4-3-5-15(20)6-12/h3-9,21-22H,2,10-11H2,1H3. The van der Waals surface area contributed by atoms with Gasteiger partial charge in [-0.1, -0.05) is 30.7 Å². The average molecular weight is 344 g/mol. The Kier molecular flexibility index (Phi) is 4.88. The molecule has 0 saturated heterocycles. The second-order valence-corrected chi connectivity index (χ2v) is 6.09. The van der Waals surface area contributed by atoms with Gasteiger partial charge >= 0.3 is 5.63 Å². The summed E-state index contributed by atoms with van der Waals surface area (Å²) in [7, 11) is 0. The lowest BCUT2D eigenvalue weighted by atomic mass is 10.0. The topological polar surface area (TPSA) is 62.5 Å². The molecule has 24 heavy (non-hydrogen) atoms. The van der Waals surface area contributed by atoms with E-state index in [-0.39, 0.29) is 5.75 Å². The van der Waals surface area contributed by atoms with E-state index in [9.17, 15) is 9.90 Å². The van der Waals surface area contributed by atoms with E-state index in [0.717, 1.165) is 22.1 Å². The smallest absolute Gasteiger partial charge is 0.336 e. The average Bonchev–Trinajstić information content (AvgIpc) is 2.54. The number of aryl methyl sites for hydroxylation is 1. The highest BCUT2D eigenvalue weighted by molar-refractivity contribution is 6.30. The number of halogens is 1. The monoisotopic (exact) mass is 343 g/mol. The summed E-state index contributed by atoms with van der Waals surface area (Å²) in [5.41, 5.74) is 2.72. The van der Waals surface area contributed by atoms with E-state index in [0.29, 0.717) is 30.1 Å². The molecule has 124 valence electrons. The molecule has 2 N–H and O–H groups in total. The molecule has 0 radical (unpaired) electrons. The van der Waals surface area contributed by atoms with Crippen LogP contribution in [0, 0.1) is 0 Å². The van der Waals surface area contributed by atoms with Crippen molar-refractivity contribution in [3.05, 3.63) is 74.6 Å². The van der Waals surface area contributed by atoms with Crippen LogP contribution in [-0.2, 0) is 19.5 Å². The number of nitrogens with one attached hydrogen (secondary N) is 1. The van der Waals surface area contributed by atoms with E-state index in [1.165, 1.54) is 12.1 Å². The molecule has 0 unspecified atom stereocenters. The summed E-state index contributed by atoms with van der Waals surface area (Å²) < 4.78 is 5.20. The van der Waals surface area contributed by atoms with Gasteiger partial charge in [-0.05, 0) is 41.3 Å². The van der Waals surface area contributed by atoms with Crippen LogP contribution in [0.15, 0.2) is 51.7 Å². The minimum Gasteiger partial charge on any atom is -0.508 e. The molecule has 4 nitrogen and oxygen atoms in total. The molecule has 5 heteroatoms. The predicted molar refractivity (Wildman–Crippen MR) is 95.5 cm³/mol. The van der Waals surface area contributed by atoms with Gasteiger partial charge in [-0.2, -0.15) is 0 Å². The molecule has 0 saturated carbocycles. The number of benzene rings is 2. The number of phenols is 1. The number of aromatic hydroxyl groups is 1. The van der Waals surface area contributed by atoms with E-state index in [1.807, 2.05) is 37.3 Å². The second kappa shape index (κ2) is 7.07. The quantitative estimate of drug-likeness (QED) is 0.687. The van der Waals surface area contributed by atoms with Crippen LogP contribution in [0.2, 0.25) is 5.02 Å². The summed E-state index contributed by atoms with van der Waals surface area (Å²) in [6, 6.07) is 12.5. The van der Waals surface area contributed by atoms with Crippen LogP contribution in [0.25, 0.3) is 11.0 Å². The molecule has 0 amide bonds. The molecular weight excluding hydrogens is 326 g/mol. The molecule has 0 atom stereocenters. The van der Waals surface area contributed by atoms with Crippen LogP contribution in [0.5, 0.6) is 5.75 Å². The van der Waals surface area contributed by atoms with Gasteiger partial charge < -0.3 is 14.8 Å². The van der Waals surface area contributed by atoms with Crippen molar-refractivity contribution in [1.29, 1.82) is 0 Å². The summed E-state index contributed by atoms with van der Waals surface area (Å²) in [5, 5.41) is 14.8. The first-order valence-electron chi connectivity index (χ1n) is 7.80. The van der Waals surface area contributed by atoms with Gasteiger partial charge in [0.25, 0.3) is 0 Å². The Labute approximate surface area is 144 Å². The SMILES string of the molecule is CCc1cc2c(CNCc3cccc(Cl)c3)cc(=O)oc2cc1O. The minimum atomic E-state index is -0.425. The van der Waals surface area contributed by atoms with E-state index < -0.39 is 5.63 Å². The van der Waals surface area contributed by atoms with E-state index in [4.69, 9.17) is 16.0 Å². The lowest BCUT2D eigenvalue weighted by molar-refractivity contribution is 0.466. The zero-order valence-electron chi connectivity index (χ0n) is 13.3. The first-order chi connectivity index (χ1) is 11.6. The molecule has 1 aromatic heterocycles. The van der Waals surface area contributed by atoms with Crippen LogP contribution < -0.4 is 10.9 Å². The Morgan fingerprint density at radius 1 is 1.12 bits per heavy atom. The summed E-state index contributed by atoms with van der Waals surface area (Å²) in [6.45, 7) is 3.13. The Hall–Kier alpha value is -2.30. The third-order valence-corrected chi connectivity index (χ3v) is 4.18. The summed E-state index contributed by atoms with van der Waals surface area (Å²) in [5.74, 6) is 0.150. The largest absolute Gasteiger partial charge is 0.508 e. The van der Waals surface area contributed by atoms with Gasteiger partial charge in [-0.15, -0.1) is 0 Å². The highest BCUT2D eigenvalue weighted by atomic mass is 35.5. The lowest BCUT2D eigenvalue weighted by Crippen LogP contribution is -2.14. The van der Waals surface area contributed by atoms with Crippen molar-refractivity contribution in [3.63, 3.8) is 0 Å². The first kappa shape index (κ1) is 16.6. The van der Waals surface area contributed by atoms with E-state index in [2.05, 4.69) is 5.32 Å². The van der Waals surface area contributed by atoms with Gasteiger partial charge in [0, 0.05) is 35.6 Å². The zero-order chi connectivity index (χ0) is 17.1. The van der Waals surface area contributed by atoms with Gasteiger partial charge in [-0.3, -0.25) is 0 Å². The molecule has 0 fully saturated rings. The van der Waals surface area contributed by atoms with Crippen LogP contribution in [0.1, 0.15) is 23.6 Å². The first-order valence-corrected chi connectivity index (χ1v) is 8.18. The summed E-state index contributed by atoms with van der Waals surface area (Å²) in [6.07, 6.45) is 0.705. The number of phenolic OH excluding ortho intramolecular Hbond substituents is 1. The van der Waals surface area contributed by atoms with Crippen LogP contribution >= 0.6 is 11.6 Å². The maximum atomic E-state index is 11.8. The molecular formula is C19H18ClNO3. The predicted octanol–water partition coefficient (Wildman–Crippen LogP) is 4.00. The van der Waals surface area contributed by atoms with Crippen molar-refractivity contribution < 1.29 is 9.52 Å². The Morgan fingerprint density at radius 3 is 2.71 bits per heavy atom. The fraction of sp³-hybridized carbons (Fsp3) is 0.211. The number of hydrogen-bond acceptors (Lipinski definition) is 4. The fourth-order valence-corrected chi connectivity index (χ4v) is 2.94. The number of fused-ring (bicyclic) bond motifs is 1. The number of hydrogen-bond donors (Lipinski definition) is 2. The van der Waals surface area contributed by atoms with Gasteiger partial charge in [0.1, 0.15) is 11.3 Å². The second-order valence-electron chi connectivity index (χ2n) is 5.65. The van der Waals surface area contributed by atoms with Crippen molar-refractivity contribution >= 4 is 22.6 Å². The highest BCUT2D eigenvalue weighted by Crippen LogP contribution is 2.27. The maximum absolute atomic E-state index is 11.8. The van der Waals surface area contributed by atoms with Crippen molar-refractivity contribution in [2.24, 2.45) is 0 Å². The van der Waals surface area contributed by atoms with Crippen LogP contribution in [-0.4, -0.2) is 5.11 Å². The van der Waals surface area contributed by atoms with Crippen molar-refractivity contribution in [1.82, 2.24) is 5.32 Å². The summed E-state index contributed by atoms with van der Waals surface area (Å²) in [4.78, 5) is 11.8. The molecule has 0 bridgehead atoms. The maximum Gasteiger partial charge on any atom is 0.336 e. The Morgan fingerprint density at radius 2 is 1.96 bits per heavy atom. The number of rotatable bonds is 5. The summed E-state index contributed by atoms with van der Waals surface area (Å²) >= 11 is 5.98. The Balaban J connectivity index is 1.86. The molecule has 3 rings (SSSR count). The van der Waals surface area contributed by atoms with Crippen molar-refractivity contribution in [2.45, 2.75) is 26.4 Å². The zero-order valence-corrected chi connectivity index (χ0v) is 14.1. The van der Waals surface area contributed by atoms with Gasteiger partial charge in [-0.25, -0.2) is 4.79 Å². The molecule has 0 aliphatic carbocycles. The molecule has 2 aromatic carbocycles. The van der Waals surface area contributed by atoms with E-state index >= 15 is 0 Å². The molecule has 1 heterocycles.